The highest BCUT2D eigenvalue weighted by molar-refractivity contribution is 5.86. The Morgan fingerprint density at radius 2 is 2.00 bits per heavy atom. The lowest BCUT2D eigenvalue weighted by molar-refractivity contribution is -0.127. The number of nitrogens with zero attached hydrogens (tertiary/aromatic N) is 1. The normalized spacial score (nSPS) is 11.7. The van der Waals surface area contributed by atoms with E-state index < -0.39 is 11.9 Å². The number of carbonyl (C=O) groups excluding carboxylic acids is 2. The smallest absolute Gasteiger partial charge is 0.240 e. The molecule has 5 nitrogen and oxygen atoms in total. The van der Waals surface area contributed by atoms with Crippen LogP contribution in [0, 0.1) is 17.2 Å². The lowest BCUT2D eigenvalue weighted by Crippen LogP contribution is -2.46. The number of nitrogens with one attached hydrogen (secondary N) is 1. The molecule has 0 fully saturated rings. The van der Waals surface area contributed by atoms with Crippen LogP contribution in [0.3, 0.4) is 0 Å². The summed E-state index contributed by atoms with van der Waals surface area (Å²) in [5.74, 6) is -0.608. The average Bonchev–Trinajstić information content (AvgIpc) is 2.37. The van der Waals surface area contributed by atoms with E-state index in [1.807, 2.05) is 13.8 Å². The molecule has 0 aliphatic heterocycles. The maximum absolute atomic E-state index is 11.7. The molecule has 1 atom stereocenters. The third-order valence-corrected chi connectivity index (χ3v) is 2.83. The van der Waals surface area contributed by atoms with Gasteiger partial charge in [0.15, 0.2) is 0 Å². The largest absolute Gasteiger partial charge is 0.368 e. The second-order valence-corrected chi connectivity index (χ2v) is 5.09. The molecule has 20 heavy (non-hydrogen) atoms. The van der Waals surface area contributed by atoms with Gasteiger partial charge in [-0.2, -0.15) is 5.26 Å². The Balaban J connectivity index is 2.80. The molecule has 1 aromatic carbocycles. The predicted molar refractivity (Wildman–Crippen MR) is 75.4 cm³/mol. The lowest BCUT2D eigenvalue weighted by atomic mass is 10.00. The first-order valence-corrected chi connectivity index (χ1v) is 6.50. The molecule has 1 aromatic rings. The molecule has 0 spiro atoms. The molecule has 106 valence electrons. The Labute approximate surface area is 118 Å². The van der Waals surface area contributed by atoms with Gasteiger partial charge in [0.05, 0.1) is 11.6 Å². The molecule has 0 bridgehead atoms. The second kappa shape index (κ2) is 7.29. The van der Waals surface area contributed by atoms with E-state index in [4.69, 9.17) is 11.0 Å². The van der Waals surface area contributed by atoms with Crippen LogP contribution in [-0.4, -0.2) is 17.9 Å². The van der Waals surface area contributed by atoms with Crippen molar-refractivity contribution < 1.29 is 9.59 Å². The van der Waals surface area contributed by atoms with Crippen LogP contribution >= 0.6 is 0 Å². The summed E-state index contributed by atoms with van der Waals surface area (Å²) in [6.07, 6.45) is 0.562. The molecule has 5 heteroatoms. The highest BCUT2D eigenvalue weighted by Gasteiger charge is 2.20. The molecule has 1 rings (SSSR count). The fraction of sp³-hybridized carbons (Fsp3) is 0.400. The van der Waals surface area contributed by atoms with Crippen LogP contribution in [0.5, 0.6) is 0 Å². The molecule has 2 amide bonds. The van der Waals surface area contributed by atoms with E-state index in [9.17, 15) is 9.59 Å². The number of benzene rings is 1. The Hall–Kier alpha value is -2.35. The monoisotopic (exact) mass is 273 g/mol. The number of carbonyl (C=O) groups is 2. The Morgan fingerprint density at radius 3 is 2.55 bits per heavy atom. The zero-order valence-electron chi connectivity index (χ0n) is 11.7. The lowest BCUT2D eigenvalue weighted by Gasteiger charge is -2.17. The summed E-state index contributed by atoms with van der Waals surface area (Å²) in [4.78, 5) is 23.2. The zero-order valence-corrected chi connectivity index (χ0v) is 11.7. The van der Waals surface area contributed by atoms with E-state index in [0.717, 1.165) is 0 Å². The number of primary amides is 1. The van der Waals surface area contributed by atoms with Crippen molar-refractivity contribution in [2.24, 2.45) is 11.7 Å². The summed E-state index contributed by atoms with van der Waals surface area (Å²) >= 11 is 0. The Kier molecular flexibility index (Phi) is 5.73. The van der Waals surface area contributed by atoms with Gasteiger partial charge in [0.1, 0.15) is 6.04 Å². The molecule has 0 saturated carbocycles. The summed E-state index contributed by atoms with van der Waals surface area (Å²) in [7, 11) is 0. The van der Waals surface area contributed by atoms with Crippen LogP contribution in [0.2, 0.25) is 0 Å². The quantitative estimate of drug-likeness (QED) is 0.812. The van der Waals surface area contributed by atoms with Gasteiger partial charge in [-0.05, 0) is 17.5 Å². The number of rotatable bonds is 6. The maximum Gasteiger partial charge on any atom is 0.240 e. The SMILES string of the molecule is CC(C)CC(=O)N[C@H](Cc1ccccc1C#N)C(N)=O. The third-order valence-electron chi connectivity index (χ3n) is 2.83. The fourth-order valence-corrected chi connectivity index (χ4v) is 1.87. The van der Waals surface area contributed by atoms with Gasteiger partial charge >= 0.3 is 0 Å². The van der Waals surface area contributed by atoms with Crippen molar-refractivity contribution >= 4 is 11.8 Å². The minimum Gasteiger partial charge on any atom is -0.368 e. The van der Waals surface area contributed by atoms with Gasteiger partial charge < -0.3 is 11.1 Å². The molecule has 0 aliphatic carbocycles. The maximum atomic E-state index is 11.7. The van der Waals surface area contributed by atoms with Crippen molar-refractivity contribution in [2.75, 3.05) is 0 Å². The number of nitriles is 1. The van der Waals surface area contributed by atoms with Gasteiger partial charge in [-0.1, -0.05) is 32.0 Å². The van der Waals surface area contributed by atoms with Crippen LogP contribution in [0.4, 0.5) is 0 Å². The summed E-state index contributed by atoms with van der Waals surface area (Å²) in [5, 5.41) is 11.6. The van der Waals surface area contributed by atoms with Crippen molar-refractivity contribution in [1.29, 1.82) is 5.26 Å². The van der Waals surface area contributed by atoms with Gasteiger partial charge in [0.2, 0.25) is 11.8 Å². The van der Waals surface area contributed by atoms with Crippen LogP contribution < -0.4 is 11.1 Å². The van der Waals surface area contributed by atoms with Crippen molar-refractivity contribution in [2.45, 2.75) is 32.7 Å². The third kappa shape index (κ3) is 4.73. The van der Waals surface area contributed by atoms with Crippen LogP contribution in [-0.2, 0) is 16.0 Å². The molecule has 0 aromatic heterocycles. The fourth-order valence-electron chi connectivity index (χ4n) is 1.87. The Bertz CT molecular complexity index is 532. The van der Waals surface area contributed by atoms with Crippen molar-refractivity contribution in [3.8, 4) is 6.07 Å². The zero-order chi connectivity index (χ0) is 15.1. The first-order chi connectivity index (χ1) is 9.43. The van der Waals surface area contributed by atoms with Gasteiger partial charge in [-0.3, -0.25) is 9.59 Å². The average molecular weight is 273 g/mol. The number of hydrogen-bond acceptors (Lipinski definition) is 3. The highest BCUT2D eigenvalue weighted by Crippen LogP contribution is 2.10. The standard InChI is InChI=1S/C15H19N3O2/c1-10(2)7-14(19)18-13(15(17)20)8-11-5-3-4-6-12(11)9-16/h3-6,10,13H,7-8H2,1-2H3,(H2,17,20)(H,18,19)/t13-/m1/s1. The van der Waals surface area contributed by atoms with Crippen LogP contribution in [0.1, 0.15) is 31.4 Å². The second-order valence-electron chi connectivity index (χ2n) is 5.09. The first-order valence-electron chi connectivity index (χ1n) is 6.50. The van der Waals surface area contributed by atoms with E-state index in [0.29, 0.717) is 17.5 Å². The van der Waals surface area contributed by atoms with Gasteiger partial charge in [0.25, 0.3) is 0 Å². The predicted octanol–water partition coefficient (Wildman–Crippen LogP) is 1.12. The topological polar surface area (TPSA) is 96.0 Å². The number of nitrogens with two attached hydrogens (primary N) is 1. The minimum absolute atomic E-state index is 0.204. The summed E-state index contributed by atoms with van der Waals surface area (Å²) in [5.41, 5.74) is 6.50. The Morgan fingerprint density at radius 1 is 1.35 bits per heavy atom. The molecule has 0 heterocycles. The van der Waals surface area contributed by atoms with Gasteiger partial charge in [-0.15, -0.1) is 0 Å². The summed E-state index contributed by atoms with van der Waals surface area (Å²) < 4.78 is 0. The summed E-state index contributed by atoms with van der Waals surface area (Å²) in [6.45, 7) is 3.84. The van der Waals surface area contributed by atoms with Crippen LogP contribution in [0.15, 0.2) is 24.3 Å². The van der Waals surface area contributed by atoms with Gasteiger partial charge in [-0.25, -0.2) is 0 Å². The molecule has 0 saturated heterocycles. The first kappa shape index (κ1) is 15.7. The van der Waals surface area contributed by atoms with Crippen molar-refractivity contribution in [1.82, 2.24) is 5.32 Å². The molecule has 3 N–H and O–H groups in total. The number of hydrogen-bond donors (Lipinski definition) is 2. The molecule has 0 radical (unpaired) electrons. The van der Waals surface area contributed by atoms with Gasteiger partial charge in [0, 0.05) is 12.8 Å². The highest BCUT2D eigenvalue weighted by atomic mass is 16.2. The van der Waals surface area contributed by atoms with Crippen LogP contribution in [0.25, 0.3) is 0 Å². The van der Waals surface area contributed by atoms with E-state index in [2.05, 4.69) is 11.4 Å². The minimum atomic E-state index is -0.796. The molecular formula is C15H19N3O2. The molecule has 0 aliphatic rings. The van der Waals surface area contributed by atoms with E-state index >= 15 is 0 Å². The van der Waals surface area contributed by atoms with Crippen molar-refractivity contribution in [3.63, 3.8) is 0 Å². The van der Waals surface area contributed by atoms with E-state index in [1.54, 1.807) is 24.3 Å². The van der Waals surface area contributed by atoms with E-state index in [-0.39, 0.29) is 18.2 Å². The van der Waals surface area contributed by atoms with E-state index in [1.165, 1.54) is 0 Å². The molecular weight excluding hydrogens is 254 g/mol. The van der Waals surface area contributed by atoms with Crippen molar-refractivity contribution in [3.05, 3.63) is 35.4 Å². The number of amides is 2. The summed E-state index contributed by atoms with van der Waals surface area (Å²) in [6, 6.07) is 8.22. The molecule has 0 unspecified atom stereocenters.